The zero-order valence-corrected chi connectivity index (χ0v) is 31.8. The SMILES string of the molecule is CC(C)=CCCC(C)=CCCC(C)=CCC(/C=C(\C)CCC=C(C)C)C(/C=C(\C)CCC=C(C)C)OS(=O)(=O)c1ccc(C)cc1. The second-order valence-corrected chi connectivity index (χ2v) is 15.4. The molecule has 0 N–H and O–H groups in total. The van der Waals surface area contributed by atoms with E-state index in [4.69, 9.17) is 4.18 Å². The molecule has 0 aromatic heterocycles. The van der Waals surface area contributed by atoms with E-state index in [-0.39, 0.29) is 10.8 Å². The summed E-state index contributed by atoms with van der Waals surface area (Å²) in [5, 5.41) is 0. The van der Waals surface area contributed by atoms with Crippen molar-refractivity contribution in [2.75, 3.05) is 0 Å². The van der Waals surface area contributed by atoms with Crippen molar-refractivity contribution in [3.05, 3.63) is 111 Å². The van der Waals surface area contributed by atoms with Crippen LogP contribution in [0.25, 0.3) is 0 Å². The topological polar surface area (TPSA) is 43.4 Å². The van der Waals surface area contributed by atoms with E-state index >= 15 is 0 Å². The predicted octanol–water partition coefficient (Wildman–Crippen LogP) is 12.9. The van der Waals surface area contributed by atoms with Crippen LogP contribution in [0.2, 0.25) is 0 Å². The van der Waals surface area contributed by atoms with Gasteiger partial charge in [0.1, 0.15) is 6.10 Å². The molecule has 0 heterocycles. The maximum atomic E-state index is 13.6. The van der Waals surface area contributed by atoms with Gasteiger partial charge in [0, 0.05) is 5.92 Å². The Morgan fingerprint density at radius 2 is 1.00 bits per heavy atom. The van der Waals surface area contributed by atoms with Crippen LogP contribution in [0.15, 0.2) is 111 Å². The molecule has 0 radical (unpaired) electrons. The third-order valence-corrected chi connectivity index (χ3v) is 9.29. The van der Waals surface area contributed by atoms with Crippen LogP contribution in [0.5, 0.6) is 0 Å². The summed E-state index contributed by atoms with van der Waals surface area (Å²) in [6.07, 6.45) is 23.7. The Morgan fingerprint density at radius 3 is 1.48 bits per heavy atom. The van der Waals surface area contributed by atoms with Crippen LogP contribution < -0.4 is 0 Å². The molecule has 3 nitrogen and oxygen atoms in total. The Kier molecular flexibility index (Phi) is 19.8. The number of benzene rings is 1. The molecule has 46 heavy (non-hydrogen) atoms. The first-order valence-electron chi connectivity index (χ1n) is 17.1. The van der Waals surface area contributed by atoms with Crippen molar-refractivity contribution in [3.8, 4) is 0 Å². The predicted molar refractivity (Wildman–Crippen MR) is 202 cm³/mol. The second kappa shape index (κ2) is 22.0. The van der Waals surface area contributed by atoms with Gasteiger partial charge in [-0.1, -0.05) is 99.2 Å². The molecule has 2 atom stereocenters. The highest BCUT2D eigenvalue weighted by atomic mass is 32.2. The molecule has 1 aromatic carbocycles. The molecule has 1 rings (SSSR count). The lowest BCUT2D eigenvalue weighted by Gasteiger charge is -2.23. The molecule has 4 heteroatoms. The minimum absolute atomic E-state index is 0.123. The molecule has 256 valence electrons. The van der Waals surface area contributed by atoms with Gasteiger partial charge < -0.3 is 0 Å². The number of allylic oxidation sites excluding steroid dienone is 12. The molecule has 2 unspecified atom stereocenters. The quantitative estimate of drug-likeness (QED) is 0.104. The third kappa shape index (κ3) is 19.1. The van der Waals surface area contributed by atoms with E-state index in [1.54, 1.807) is 12.1 Å². The number of hydrogen-bond acceptors (Lipinski definition) is 3. The largest absolute Gasteiger partial charge is 0.297 e. The van der Waals surface area contributed by atoms with Crippen LogP contribution in [0.1, 0.15) is 133 Å². The Hall–Kier alpha value is -2.69. The molecule has 0 saturated carbocycles. The summed E-state index contributed by atoms with van der Waals surface area (Å²) in [5.74, 6) is -0.123. The van der Waals surface area contributed by atoms with Crippen molar-refractivity contribution in [3.63, 3.8) is 0 Å². The highest BCUT2D eigenvalue weighted by Crippen LogP contribution is 2.27. The first kappa shape index (κ1) is 41.3. The molecule has 0 spiro atoms. The van der Waals surface area contributed by atoms with Crippen molar-refractivity contribution >= 4 is 10.1 Å². The van der Waals surface area contributed by atoms with Gasteiger partial charge in [0.2, 0.25) is 0 Å². The highest BCUT2D eigenvalue weighted by Gasteiger charge is 2.26. The molecule has 0 fully saturated rings. The van der Waals surface area contributed by atoms with Gasteiger partial charge in [-0.2, -0.15) is 8.42 Å². The lowest BCUT2D eigenvalue weighted by Crippen LogP contribution is -2.25. The van der Waals surface area contributed by atoms with Gasteiger partial charge in [0.25, 0.3) is 10.1 Å². The Balaban J connectivity index is 3.40. The molecular formula is C42H64O3S. The average Bonchev–Trinajstić information content (AvgIpc) is 2.94. The van der Waals surface area contributed by atoms with Gasteiger partial charge in [-0.05, 0) is 146 Å². The van der Waals surface area contributed by atoms with Crippen molar-refractivity contribution < 1.29 is 12.6 Å². The van der Waals surface area contributed by atoms with E-state index in [1.165, 1.54) is 33.4 Å². The van der Waals surface area contributed by atoms with Crippen LogP contribution in [0.4, 0.5) is 0 Å². The van der Waals surface area contributed by atoms with Crippen molar-refractivity contribution in [1.29, 1.82) is 0 Å². The zero-order valence-electron chi connectivity index (χ0n) is 31.0. The first-order valence-corrected chi connectivity index (χ1v) is 18.6. The van der Waals surface area contributed by atoms with Gasteiger partial charge >= 0.3 is 0 Å². The summed E-state index contributed by atoms with van der Waals surface area (Å²) < 4.78 is 33.4. The summed E-state index contributed by atoms with van der Waals surface area (Å²) in [5.41, 5.74) is 10.1. The smallest absolute Gasteiger partial charge is 0.258 e. The van der Waals surface area contributed by atoms with Crippen molar-refractivity contribution in [2.24, 2.45) is 5.92 Å². The van der Waals surface area contributed by atoms with Gasteiger partial charge in [0.05, 0.1) is 4.90 Å². The average molecular weight is 649 g/mol. The van der Waals surface area contributed by atoms with Crippen molar-refractivity contribution in [2.45, 2.75) is 145 Å². The molecule has 1 aromatic rings. The molecule has 0 bridgehead atoms. The molecule has 0 aliphatic carbocycles. The molecule has 0 amide bonds. The van der Waals surface area contributed by atoms with Crippen LogP contribution in [0, 0.1) is 12.8 Å². The fourth-order valence-corrected chi connectivity index (χ4v) is 6.16. The van der Waals surface area contributed by atoms with Crippen LogP contribution >= 0.6 is 0 Å². The lowest BCUT2D eigenvalue weighted by molar-refractivity contribution is 0.208. The highest BCUT2D eigenvalue weighted by molar-refractivity contribution is 7.86. The van der Waals surface area contributed by atoms with E-state index < -0.39 is 16.2 Å². The van der Waals surface area contributed by atoms with Crippen LogP contribution in [-0.2, 0) is 14.3 Å². The minimum atomic E-state index is -3.97. The number of rotatable bonds is 20. The van der Waals surface area contributed by atoms with E-state index in [2.05, 4.69) is 112 Å². The van der Waals surface area contributed by atoms with Crippen LogP contribution in [-0.4, -0.2) is 14.5 Å². The Bertz CT molecular complexity index is 1380. The maximum absolute atomic E-state index is 13.6. The fourth-order valence-electron chi connectivity index (χ4n) is 5.09. The maximum Gasteiger partial charge on any atom is 0.297 e. The van der Waals surface area contributed by atoms with E-state index in [1.807, 2.05) is 19.1 Å². The molecule has 0 aliphatic heterocycles. The molecule has 0 saturated heterocycles. The standard InChI is InChI=1S/C42H64O3S/c1-32(2)16-12-19-35(7)20-15-21-36(8)24-27-40(30-38(10)22-13-17-33(3)4)42(31-39(11)23-14-18-34(5)6)45-46(43,44)41-28-25-37(9)26-29-41/h16-18,20,24-26,28-31,40,42H,12-15,19,21-23,27H2,1-11H3/b35-20?,36-24?,38-30+,39-31+. The third-order valence-electron chi connectivity index (χ3n) is 7.96. The molecule has 0 aliphatic rings. The monoisotopic (exact) mass is 648 g/mol. The lowest BCUT2D eigenvalue weighted by atomic mass is 9.91. The summed E-state index contributed by atoms with van der Waals surface area (Å²) in [7, 11) is -3.97. The normalized spacial score (nSPS) is 14.5. The van der Waals surface area contributed by atoms with E-state index in [0.717, 1.165) is 62.5 Å². The summed E-state index contributed by atoms with van der Waals surface area (Å²) in [4.78, 5) is 0.195. The van der Waals surface area contributed by atoms with Gasteiger partial charge in [0.15, 0.2) is 0 Å². The molecular weight excluding hydrogens is 585 g/mol. The van der Waals surface area contributed by atoms with Gasteiger partial charge in [-0.25, -0.2) is 0 Å². The van der Waals surface area contributed by atoms with Gasteiger partial charge in [-0.15, -0.1) is 0 Å². The Labute approximate surface area is 284 Å². The van der Waals surface area contributed by atoms with Gasteiger partial charge in [-0.3, -0.25) is 4.18 Å². The Morgan fingerprint density at radius 1 is 0.587 bits per heavy atom. The number of aryl methyl sites for hydroxylation is 1. The second-order valence-electron chi connectivity index (χ2n) is 13.9. The summed E-state index contributed by atoms with van der Waals surface area (Å²) in [6, 6.07) is 6.92. The summed E-state index contributed by atoms with van der Waals surface area (Å²) in [6.45, 7) is 23.4. The van der Waals surface area contributed by atoms with E-state index in [0.29, 0.717) is 6.42 Å². The van der Waals surface area contributed by atoms with Crippen molar-refractivity contribution in [1.82, 2.24) is 0 Å². The zero-order chi connectivity index (χ0) is 34.7. The van der Waals surface area contributed by atoms with E-state index in [9.17, 15) is 8.42 Å². The summed E-state index contributed by atoms with van der Waals surface area (Å²) >= 11 is 0. The fraction of sp³-hybridized carbons (Fsp3) is 0.524. The number of hydrogen-bond donors (Lipinski definition) is 0. The van der Waals surface area contributed by atoms with Crippen LogP contribution in [0.3, 0.4) is 0 Å². The minimum Gasteiger partial charge on any atom is -0.258 e. The first-order chi connectivity index (χ1) is 21.6.